The molecule has 35 heavy (non-hydrogen) atoms. The van der Waals surface area contributed by atoms with Crippen molar-refractivity contribution in [1.29, 1.82) is 0 Å². The topological polar surface area (TPSA) is 126 Å². The second-order valence-corrected chi connectivity index (χ2v) is 9.02. The van der Waals surface area contributed by atoms with Crippen molar-refractivity contribution in [1.82, 2.24) is 19.6 Å². The minimum atomic E-state index is -0.625. The number of aryl methyl sites for hydroxylation is 1. The Morgan fingerprint density at radius 1 is 1.29 bits per heavy atom. The summed E-state index contributed by atoms with van der Waals surface area (Å²) < 4.78 is 27.2. The van der Waals surface area contributed by atoms with Crippen LogP contribution in [0.2, 0.25) is 0 Å². The van der Waals surface area contributed by atoms with Crippen LogP contribution >= 0.6 is 0 Å². The predicted octanol–water partition coefficient (Wildman–Crippen LogP) is 5.40. The van der Waals surface area contributed by atoms with Crippen LogP contribution in [-0.2, 0) is 0 Å². The first kappa shape index (κ1) is 26.4. The summed E-state index contributed by atoms with van der Waals surface area (Å²) in [6, 6.07) is 3.54. The number of alkyl halides is 1. The van der Waals surface area contributed by atoms with Crippen molar-refractivity contribution in [3.63, 3.8) is 0 Å². The molecule has 1 saturated carbocycles. The zero-order chi connectivity index (χ0) is 25.6. The van der Waals surface area contributed by atoms with Gasteiger partial charge in [-0.05, 0) is 58.1 Å². The van der Waals surface area contributed by atoms with Crippen LogP contribution in [-0.4, -0.2) is 50.1 Å². The summed E-state index contributed by atoms with van der Waals surface area (Å²) in [6.07, 6.45) is 5.95. The minimum absolute atomic E-state index is 0.131. The second kappa shape index (κ2) is 11.5. The van der Waals surface area contributed by atoms with E-state index in [-0.39, 0.29) is 24.1 Å². The second-order valence-electron chi connectivity index (χ2n) is 9.02. The standard InChI is InChI=1S/C20H25FN8O.C4H9F/c1-11-14(27-23-3)4-5-15(24-11)16-13(21)10-29-17(16)18(22)26-19(28-29)25-12-6-8-20(2,30)9-7-12;1-2-3-4-5/h4-5,10,12,30H,6-9H2,1-3H3,(H3,22,25,26,28);2-4H2,1H3. The maximum atomic E-state index is 14.9. The SMILES string of the molecule is CCCCF.CN=Nc1ccc(-c2c(F)cn3nc(NC4CCC(C)(O)CC4)nc(N)c23)nc1C. The summed E-state index contributed by atoms with van der Waals surface area (Å²) in [5.74, 6) is 0.000510. The highest BCUT2D eigenvalue weighted by molar-refractivity contribution is 5.87. The lowest BCUT2D eigenvalue weighted by Crippen LogP contribution is -2.36. The smallest absolute Gasteiger partial charge is 0.243 e. The Balaban J connectivity index is 0.000000623. The van der Waals surface area contributed by atoms with Crippen molar-refractivity contribution < 1.29 is 13.9 Å². The van der Waals surface area contributed by atoms with E-state index in [1.165, 1.54) is 10.7 Å². The molecule has 4 rings (SSSR count). The number of nitrogens with zero attached hydrogens (tertiary/aromatic N) is 6. The van der Waals surface area contributed by atoms with Crippen molar-refractivity contribution in [3.05, 3.63) is 29.8 Å². The summed E-state index contributed by atoms with van der Waals surface area (Å²) >= 11 is 0. The van der Waals surface area contributed by atoms with E-state index in [1.54, 1.807) is 26.1 Å². The number of rotatable bonds is 6. The zero-order valence-electron chi connectivity index (χ0n) is 20.7. The first-order valence-electron chi connectivity index (χ1n) is 11.9. The van der Waals surface area contributed by atoms with Crippen molar-refractivity contribution in [2.45, 2.75) is 70.9 Å². The lowest BCUT2D eigenvalue weighted by molar-refractivity contribution is 0.0195. The Hall–Kier alpha value is -3.21. The van der Waals surface area contributed by atoms with E-state index in [2.05, 4.69) is 30.6 Å². The Kier molecular flexibility index (Phi) is 8.66. The number of unbranched alkanes of at least 4 members (excludes halogenated alkanes) is 1. The van der Waals surface area contributed by atoms with Gasteiger partial charge in [0.2, 0.25) is 5.95 Å². The fraction of sp³-hybridized carbons (Fsp3) is 0.542. The summed E-state index contributed by atoms with van der Waals surface area (Å²) in [7, 11) is 1.58. The van der Waals surface area contributed by atoms with Crippen LogP contribution in [0.4, 0.5) is 26.2 Å². The van der Waals surface area contributed by atoms with Gasteiger partial charge in [0.25, 0.3) is 0 Å². The number of azo groups is 1. The summed E-state index contributed by atoms with van der Waals surface area (Å²) in [5.41, 5.74) is 7.85. The van der Waals surface area contributed by atoms with Crippen molar-refractivity contribution in [2.24, 2.45) is 10.2 Å². The van der Waals surface area contributed by atoms with E-state index in [0.29, 0.717) is 41.4 Å². The molecule has 3 heterocycles. The normalized spacial score (nSPS) is 20.1. The van der Waals surface area contributed by atoms with Crippen LogP contribution < -0.4 is 11.1 Å². The van der Waals surface area contributed by atoms with Gasteiger partial charge in [0.05, 0.1) is 35.4 Å². The average molecular weight is 489 g/mol. The molecule has 0 radical (unpaired) electrons. The number of nitrogen functional groups attached to an aromatic ring is 1. The Bertz CT molecular complexity index is 1170. The minimum Gasteiger partial charge on any atom is -0.390 e. The molecule has 0 amide bonds. The van der Waals surface area contributed by atoms with Gasteiger partial charge in [-0.2, -0.15) is 15.2 Å². The first-order valence-corrected chi connectivity index (χ1v) is 11.9. The highest BCUT2D eigenvalue weighted by Gasteiger charge is 2.29. The van der Waals surface area contributed by atoms with Gasteiger partial charge in [0.1, 0.15) is 11.2 Å². The maximum Gasteiger partial charge on any atom is 0.243 e. The number of aromatic nitrogens is 4. The van der Waals surface area contributed by atoms with Gasteiger partial charge in [0.15, 0.2) is 11.6 Å². The summed E-state index contributed by atoms with van der Waals surface area (Å²) in [6.45, 7) is 5.45. The molecule has 9 nitrogen and oxygen atoms in total. The van der Waals surface area contributed by atoms with Gasteiger partial charge < -0.3 is 16.2 Å². The highest BCUT2D eigenvalue weighted by Crippen LogP contribution is 2.33. The lowest BCUT2D eigenvalue weighted by Gasteiger charge is -2.33. The molecule has 3 aromatic heterocycles. The maximum absolute atomic E-state index is 14.9. The summed E-state index contributed by atoms with van der Waals surface area (Å²) in [4.78, 5) is 8.80. The van der Waals surface area contributed by atoms with E-state index < -0.39 is 11.4 Å². The first-order chi connectivity index (χ1) is 16.7. The van der Waals surface area contributed by atoms with Gasteiger partial charge in [-0.25, -0.2) is 8.91 Å². The Morgan fingerprint density at radius 2 is 2.00 bits per heavy atom. The van der Waals surface area contributed by atoms with Gasteiger partial charge in [0, 0.05) is 13.1 Å². The van der Waals surface area contributed by atoms with Gasteiger partial charge >= 0.3 is 0 Å². The monoisotopic (exact) mass is 488 g/mol. The van der Waals surface area contributed by atoms with E-state index in [1.807, 2.05) is 13.8 Å². The molecule has 0 bridgehead atoms. The fourth-order valence-corrected chi connectivity index (χ4v) is 3.99. The number of aliphatic hydroxyl groups is 1. The molecule has 0 saturated heterocycles. The number of nitrogens with one attached hydrogen (secondary N) is 1. The van der Waals surface area contributed by atoms with Crippen LogP contribution in [0.5, 0.6) is 0 Å². The third kappa shape index (κ3) is 6.47. The van der Waals surface area contributed by atoms with Crippen molar-refractivity contribution in [3.8, 4) is 11.3 Å². The number of fused-ring (bicyclic) bond motifs is 1. The fourth-order valence-electron chi connectivity index (χ4n) is 3.99. The third-order valence-corrected chi connectivity index (χ3v) is 6.02. The molecule has 1 aliphatic rings. The molecule has 1 aliphatic carbocycles. The van der Waals surface area contributed by atoms with Gasteiger partial charge in [-0.3, -0.25) is 9.37 Å². The van der Waals surface area contributed by atoms with E-state index in [9.17, 15) is 13.9 Å². The van der Waals surface area contributed by atoms with E-state index in [0.717, 1.165) is 25.7 Å². The molecule has 0 unspecified atom stereocenters. The van der Waals surface area contributed by atoms with Crippen LogP contribution in [0.25, 0.3) is 16.8 Å². The number of nitrogens with two attached hydrogens (primary N) is 1. The molecule has 0 spiro atoms. The quantitative estimate of drug-likeness (QED) is 0.399. The molecular formula is C24H34F2N8O. The van der Waals surface area contributed by atoms with Gasteiger partial charge in [-0.15, -0.1) is 5.10 Å². The molecule has 1 fully saturated rings. The molecule has 4 N–H and O–H groups in total. The Labute approximate surface area is 203 Å². The van der Waals surface area contributed by atoms with Crippen LogP contribution in [0.1, 0.15) is 58.1 Å². The van der Waals surface area contributed by atoms with E-state index >= 15 is 0 Å². The zero-order valence-corrected chi connectivity index (χ0v) is 20.7. The van der Waals surface area contributed by atoms with Crippen LogP contribution in [0.15, 0.2) is 28.6 Å². The third-order valence-electron chi connectivity index (χ3n) is 6.02. The molecule has 0 aromatic carbocycles. The average Bonchev–Trinajstić information content (AvgIpc) is 3.14. The molecule has 3 aromatic rings. The predicted molar refractivity (Wildman–Crippen MR) is 133 cm³/mol. The number of hydrogen-bond acceptors (Lipinski definition) is 8. The van der Waals surface area contributed by atoms with Crippen molar-refractivity contribution in [2.75, 3.05) is 24.8 Å². The molecule has 0 atom stereocenters. The number of halogens is 2. The molecule has 190 valence electrons. The van der Waals surface area contributed by atoms with Gasteiger partial charge in [-0.1, -0.05) is 13.3 Å². The molecular weight excluding hydrogens is 454 g/mol. The molecule has 0 aliphatic heterocycles. The number of pyridine rings is 1. The number of anilines is 2. The summed E-state index contributed by atoms with van der Waals surface area (Å²) in [5, 5.41) is 25.5. The Morgan fingerprint density at radius 3 is 2.57 bits per heavy atom. The van der Waals surface area contributed by atoms with E-state index in [4.69, 9.17) is 5.73 Å². The van der Waals surface area contributed by atoms with Crippen LogP contribution in [0, 0.1) is 12.7 Å². The number of hydrogen-bond donors (Lipinski definition) is 3. The largest absolute Gasteiger partial charge is 0.390 e. The highest BCUT2D eigenvalue weighted by atomic mass is 19.1. The van der Waals surface area contributed by atoms with Crippen molar-refractivity contribution >= 4 is 23.0 Å². The van der Waals surface area contributed by atoms with Crippen LogP contribution in [0.3, 0.4) is 0 Å². The lowest BCUT2D eigenvalue weighted by atomic mass is 9.84. The molecule has 11 heteroatoms.